The van der Waals surface area contributed by atoms with Crippen LogP contribution in [0.15, 0.2) is 54.6 Å². The van der Waals surface area contributed by atoms with Crippen LogP contribution in [0, 0.1) is 0 Å². The van der Waals surface area contributed by atoms with Crippen LogP contribution in [0.1, 0.15) is 17.5 Å². The second-order valence-electron chi connectivity index (χ2n) is 4.91. The monoisotopic (exact) mass is 266 g/mol. The van der Waals surface area contributed by atoms with Crippen molar-refractivity contribution in [2.75, 3.05) is 5.32 Å². The number of nitrogens with one attached hydrogen (secondary N) is 1. The van der Waals surface area contributed by atoms with Gasteiger partial charge in [0.2, 0.25) is 11.8 Å². The number of nitrogens with two attached hydrogens (primary N) is 1. The van der Waals surface area contributed by atoms with Crippen molar-refractivity contribution in [3.63, 3.8) is 0 Å². The van der Waals surface area contributed by atoms with Gasteiger partial charge in [-0.25, -0.2) is 0 Å². The first kappa shape index (κ1) is 12.4. The molecule has 0 saturated heterocycles. The van der Waals surface area contributed by atoms with E-state index in [9.17, 15) is 9.59 Å². The number of fused-ring (bicyclic) bond motifs is 1. The zero-order valence-electron chi connectivity index (χ0n) is 10.8. The van der Waals surface area contributed by atoms with Crippen molar-refractivity contribution in [3.05, 3.63) is 65.7 Å². The maximum atomic E-state index is 12.6. The van der Waals surface area contributed by atoms with Crippen molar-refractivity contribution in [2.45, 2.75) is 11.8 Å². The number of amides is 2. The molecule has 0 spiro atoms. The van der Waals surface area contributed by atoms with Gasteiger partial charge in [-0.05, 0) is 17.2 Å². The summed E-state index contributed by atoms with van der Waals surface area (Å²) in [5, 5.41) is 2.85. The molecule has 2 aromatic rings. The van der Waals surface area contributed by atoms with Gasteiger partial charge in [-0.3, -0.25) is 9.59 Å². The van der Waals surface area contributed by atoms with Crippen LogP contribution in [0.5, 0.6) is 0 Å². The summed E-state index contributed by atoms with van der Waals surface area (Å²) >= 11 is 0. The minimum absolute atomic E-state index is 0.0418. The Labute approximate surface area is 116 Å². The fraction of sp³-hybridized carbons (Fsp3) is 0.125. The van der Waals surface area contributed by atoms with Gasteiger partial charge in [-0.1, -0.05) is 48.5 Å². The van der Waals surface area contributed by atoms with E-state index < -0.39 is 11.3 Å². The molecule has 3 rings (SSSR count). The summed E-state index contributed by atoms with van der Waals surface area (Å²) in [4.78, 5) is 24.1. The number of rotatable bonds is 3. The molecule has 100 valence electrons. The topological polar surface area (TPSA) is 72.2 Å². The van der Waals surface area contributed by atoms with E-state index in [4.69, 9.17) is 5.73 Å². The molecule has 0 saturated carbocycles. The second kappa shape index (κ2) is 4.49. The minimum Gasteiger partial charge on any atom is -0.370 e. The van der Waals surface area contributed by atoms with Crippen molar-refractivity contribution in [3.8, 4) is 0 Å². The lowest BCUT2D eigenvalue weighted by molar-refractivity contribution is -0.125. The highest BCUT2D eigenvalue weighted by Crippen LogP contribution is 2.44. The van der Waals surface area contributed by atoms with Crippen LogP contribution in [0.4, 0.5) is 5.69 Å². The van der Waals surface area contributed by atoms with Crippen LogP contribution in [-0.2, 0) is 15.0 Å². The molecule has 3 N–H and O–H groups in total. The van der Waals surface area contributed by atoms with E-state index in [0.29, 0.717) is 0 Å². The van der Waals surface area contributed by atoms with E-state index in [0.717, 1.165) is 16.8 Å². The Hall–Kier alpha value is -2.62. The van der Waals surface area contributed by atoms with E-state index in [-0.39, 0.29) is 12.3 Å². The average Bonchev–Trinajstić information content (AvgIpc) is 2.73. The molecule has 1 heterocycles. The minimum atomic E-state index is -1.02. The summed E-state index contributed by atoms with van der Waals surface area (Å²) in [6.45, 7) is 0. The Morgan fingerprint density at radius 3 is 2.40 bits per heavy atom. The summed E-state index contributed by atoms with van der Waals surface area (Å²) in [5.74, 6) is -0.704. The Bertz CT molecular complexity index is 682. The van der Waals surface area contributed by atoms with Crippen molar-refractivity contribution < 1.29 is 9.59 Å². The first-order valence-electron chi connectivity index (χ1n) is 6.39. The van der Waals surface area contributed by atoms with Crippen LogP contribution in [0.2, 0.25) is 0 Å². The van der Waals surface area contributed by atoms with Gasteiger partial charge < -0.3 is 11.1 Å². The Morgan fingerprint density at radius 2 is 1.70 bits per heavy atom. The van der Waals surface area contributed by atoms with Gasteiger partial charge in [-0.15, -0.1) is 0 Å². The van der Waals surface area contributed by atoms with Crippen LogP contribution < -0.4 is 11.1 Å². The number of carbonyl (C=O) groups is 2. The standard InChI is InChI=1S/C16H14N2O2/c17-14(19)10-16(11-6-2-1-3-7-11)12-8-4-5-9-13(12)18-15(16)20/h1-9H,10H2,(H2,17,19)(H,18,20). The normalized spacial score (nSPS) is 20.3. The van der Waals surface area contributed by atoms with Crippen LogP contribution in [0.3, 0.4) is 0 Å². The van der Waals surface area contributed by atoms with Crippen molar-refractivity contribution in [1.29, 1.82) is 0 Å². The molecule has 2 amide bonds. The first-order valence-corrected chi connectivity index (χ1v) is 6.39. The fourth-order valence-corrected chi connectivity index (χ4v) is 2.86. The molecule has 0 aliphatic carbocycles. The smallest absolute Gasteiger partial charge is 0.240 e. The molecule has 0 aromatic heterocycles. The summed E-state index contributed by atoms with van der Waals surface area (Å²) < 4.78 is 0. The first-order chi connectivity index (χ1) is 9.64. The Kier molecular flexibility index (Phi) is 2.79. The lowest BCUT2D eigenvalue weighted by atomic mass is 9.73. The molecule has 1 aliphatic rings. The highest BCUT2D eigenvalue weighted by atomic mass is 16.2. The maximum absolute atomic E-state index is 12.6. The summed E-state index contributed by atoms with van der Waals surface area (Å²) in [6.07, 6.45) is -0.0418. The molecule has 4 heteroatoms. The predicted octanol–water partition coefficient (Wildman–Crippen LogP) is 1.80. The van der Waals surface area contributed by atoms with Crippen LogP contribution in [0.25, 0.3) is 0 Å². The third-order valence-electron chi connectivity index (χ3n) is 3.73. The van der Waals surface area contributed by atoms with Gasteiger partial charge in [0.25, 0.3) is 0 Å². The number of hydrogen-bond acceptors (Lipinski definition) is 2. The summed E-state index contributed by atoms with van der Waals surface area (Å²) in [7, 11) is 0. The maximum Gasteiger partial charge on any atom is 0.240 e. The molecular weight excluding hydrogens is 252 g/mol. The van der Waals surface area contributed by atoms with E-state index in [1.54, 1.807) is 0 Å². The van der Waals surface area contributed by atoms with Gasteiger partial charge in [-0.2, -0.15) is 0 Å². The summed E-state index contributed by atoms with van der Waals surface area (Å²) in [6, 6.07) is 16.7. The molecular formula is C16H14N2O2. The van der Waals surface area contributed by atoms with Gasteiger partial charge in [0.1, 0.15) is 5.41 Å². The lowest BCUT2D eigenvalue weighted by Crippen LogP contribution is -2.39. The molecule has 20 heavy (non-hydrogen) atoms. The number of primary amides is 1. The molecule has 0 radical (unpaired) electrons. The van der Waals surface area contributed by atoms with Crippen molar-refractivity contribution in [2.24, 2.45) is 5.73 Å². The molecule has 4 nitrogen and oxygen atoms in total. The molecule has 2 aromatic carbocycles. The van der Waals surface area contributed by atoms with E-state index >= 15 is 0 Å². The van der Waals surface area contributed by atoms with Gasteiger partial charge in [0.05, 0.1) is 0 Å². The Morgan fingerprint density at radius 1 is 1.05 bits per heavy atom. The van der Waals surface area contributed by atoms with Crippen LogP contribution in [-0.4, -0.2) is 11.8 Å². The molecule has 1 unspecified atom stereocenters. The lowest BCUT2D eigenvalue weighted by Gasteiger charge is -2.26. The zero-order valence-corrected chi connectivity index (χ0v) is 10.8. The highest BCUT2D eigenvalue weighted by molar-refractivity contribution is 6.10. The van der Waals surface area contributed by atoms with Crippen LogP contribution >= 0.6 is 0 Å². The average molecular weight is 266 g/mol. The molecule has 1 aliphatic heterocycles. The zero-order chi connectivity index (χ0) is 14.2. The quantitative estimate of drug-likeness (QED) is 0.889. The number of benzene rings is 2. The van der Waals surface area contributed by atoms with Gasteiger partial charge in [0.15, 0.2) is 0 Å². The fourth-order valence-electron chi connectivity index (χ4n) is 2.86. The summed E-state index contributed by atoms with van der Waals surface area (Å²) in [5.41, 5.74) is 6.69. The van der Waals surface area contributed by atoms with Gasteiger partial charge in [0, 0.05) is 12.1 Å². The number of hydrogen-bond donors (Lipinski definition) is 2. The van der Waals surface area contributed by atoms with E-state index in [2.05, 4.69) is 5.32 Å². The Balaban J connectivity index is 2.27. The van der Waals surface area contributed by atoms with Gasteiger partial charge >= 0.3 is 0 Å². The number of carbonyl (C=O) groups excluding carboxylic acids is 2. The third kappa shape index (κ3) is 1.69. The number of para-hydroxylation sites is 1. The molecule has 0 fully saturated rings. The van der Waals surface area contributed by atoms with E-state index in [1.165, 1.54) is 0 Å². The van der Waals surface area contributed by atoms with Crippen molar-refractivity contribution in [1.82, 2.24) is 0 Å². The molecule has 1 atom stereocenters. The van der Waals surface area contributed by atoms with Crippen molar-refractivity contribution >= 4 is 17.5 Å². The predicted molar refractivity (Wildman–Crippen MR) is 76.1 cm³/mol. The number of anilines is 1. The highest BCUT2D eigenvalue weighted by Gasteiger charge is 2.49. The third-order valence-corrected chi connectivity index (χ3v) is 3.73. The largest absolute Gasteiger partial charge is 0.370 e. The van der Waals surface area contributed by atoms with E-state index in [1.807, 2.05) is 54.6 Å². The second-order valence-corrected chi connectivity index (χ2v) is 4.91. The molecule has 0 bridgehead atoms. The SMILES string of the molecule is NC(=O)CC1(c2ccccc2)C(=O)Nc2ccccc21.